The summed E-state index contributed by atoms with van der Waals surface area (Å²) in [4.78, 5) is 19.6. The Balaban J connectivity index is 1.77. The highest BCUT2D eigenvalue weighted by atomic mass is 16.1. The first kappa shape index (κ1) is 16.9. The minimum Gasteiger partial charge on any atom is -0.351 e. The largest absolute Gasteiger partial charge is 0.351 e. The number of nitrogens with zero attached hydrogens (tertiary/aromatic N) is 4. The van der Waals surface area contributed by atoms with E-state index in [0.717, 1.165) is 42.8 Å². The number of hydrogen-bond acceptors (Lipinski definition) is 4. The van der Waals surface area contributed by atoms with Crippen LogP contribution >= 0.6 is 0 Å². The van der Waals surface area contributed by atoms with Gasteiger partial charge in [0.1, 0.15) is 0 Å². The first-order chi connectivity index (χ1) is 11.6. The van der Waals surface area contributed by atoms with Crippen molar-refractivity contribution < 1.29 is 4.79 Å². The second-order valence-corrected chi connectivity index (χ2v) is 6.70. The van der Waals surface area contributed by atoms with Crippen LogP contribution in [0.3, 0.4) is 0 Å². The van der Waals surface area contributed by atoms with Crippen molar-refractivity contribution in [2.45, 2.75) is 46.1 Å². The van der Waals surface area contributed by atoms with Crippen molar-refractivity contribution in [2.75, 3.05) is 26.2 Å². The van der Waals surface area contributed by atoms with Gasteiger partial charge in [0, 0.05) is 18.8 Å². The summed E-state index contributed by atoms with van der Waals surface area (Å²) < 4.78 is 1.92. The Morgan fingerprint density at radius 3 is 2.83 bits per heavy atom. The molecule has 2 aromatic heterocycles. The molecular formula is C18H27N5O. The van der Waals surface area contributed by atoms with Gasteiger partial charge in [0.05, 0.1) is 23.2 Å². The fraction of sp³-hybridized carbons (Fsp3) is 0.611. The molecule has 0 spiro atoms. The standard InChI is InChI=1S/C18H27N5O/c1-4-14(3)23-17-16(12-20-23)15(11-13(2)21-17)18(24)19-7-10-22-8-5-6-9-22/h11-12,14H,4-10H2,1-3H3,(H,19,24)/t14-/m1/s1. The maximum Gasteiger partial charge on any atom is 0.252 e. The summed E-state index contributed by atoms with van der Waals surface area (Å²) in [5, 5.41) is 8.34. The van der Waals surface area contributed by atoms with Gasteiger partial charge in [-0.1, -0.05) is 6.92 Å². The molecule has 0 saturated carbocycles. The number of pyridine rings is 1. The molecule has 1 fully saturated rings. The van der Waals surface area contributed by atoms with Crippen LogP contribution in [0.15, 0.2) is 12.3 Å². The van der Waals surface area contributed by atoms with Gasteiger partial charge in [-0.25, -0.2) is 9.67 Å². The maximum absolute atomic E-state index is 12.6. The molecule has 6 nitrogen and oxygen atoms in total. The fourth-order valence-electron chi connectivity index (χ4n) is 3.26. The molecule has 1 N–H and O–H groups in total. The summed E-state index contributed by atoms with van der Waals surface area (Å²) in [6.07, 6.45) is 5.28. The van der Waals surface area contributed by atoms with Crippen LogP contribution in [0.25, 0.3) is 11.0 Å². The Bertz CT molecular complexity index is 718. The first-order valence-electron chi connectivity index (χ1n) is 8.95. The summed E-state index contributed by atoms with van der Waals surface area (Å²) in [5.74, 6) is -0.0339. The van der Waals surface area contributed by atoms with E-state index in [1.54, 1.807) is 6.20 Å². The lowest BCUT2D eigenvalue weighted by molar-refractivity contribution is 0.0951. The zero-order valence-corrected chi connectivity index (χ0v) is 14.9. The number of carbonyl (C=O) groups is 1. The molecule has 0 aromatic carbocycles. The van der Waals surface area contributed by atoms with E-state index in [9.17, 15) is 4.79 Å². The smallest absolute Gasteiger partial charge is 0.252 e. The zero-order chi connectivity index (χ0) is 17.1. The summed E-state index contributed by atoms with van der Waals surface area (Å²) in [7, 11) is 0. The average molecular weight is 329 g/mol. The minimum absolute atomic E-state index is 0.0339. The number of likely N-dealkylation sites (tertiary alicyclic amines) is 1. The predicted octanol–water partition coefficient (Wildman–Crippen LogP) is 2.54. The number of hydrogen-bond donors (Lipinski definition) is 1. The maximum atomic E-state index is 12.6. The predicted molar refractivity (Wildman–Crippen MR) is 95.3 cm³/mol. The lowest BCUT2D eigenvalue weighted by atomic mass is 10.1. The highest BCUT2D eigenvalue weighted by Crippen LogP contribution is 2.22. The number of amides is 1. The minimum atomic E-state index is -0.0339. The van der Waals surface area contributed by atoms with Gasteiger partial charge in [0.25, 0.3) is 5.91 Å². The molecule has 2 aromatic rings. The van der Waals surface area contributed by atoms with E-state index < -0.39 is 0 Å². The molecule has 1 saturated heterocycles. The summed E-state index contributed by atoms with van der Waals surface area (Å²) in [6, 6.07) is 2.12. The molecule has 1 amide bonds. The molecule has 0 aliphatic carbocycles. The molecule has 1 aliphatic heterocycles. The van der Waals surface area contributed by atoms with E-state index >= 15 is 0 Å². The average Bonchev–Trinajstić information content (AvgIpc) is 3.22. The lowest BCUT2D eigenvalue weighted by Gasteiger charge is -2.15. The Kier molecular flexibility index (Phi) is 5.14. The molecule has 3 rings (SSSR count). The van der Waals surface area contributed by atoms with E-state index in [1.807, 2.05) is 17.7 Å². The number of fused-ring (bicyclic) bond motifs is 1. The van der Waals surface area contributed by atoms with Gasteiger partial charge in [0.2, 0.25) is 0 Å². The normalized spacial score (nSPS) is 16.6. The van der Waals surface area contributed by atoms with Crippen LogP contribution in [0.5, 0.6) is 0 Å². The van der Waals surface area contributed by atoms with Crippen LogP contribution in [0.2, 0.25) is 0 Å². The van der Waals surface area contributed by atoms with Crippen molar-refractivity contribution in [1.29, 1.82) is 0 Å². The molecule has 3 heterocycles. The Labute approximate surface area is 143 Å². The van der Waals surface area contributed by atoms with Crippen molar-refractivity contribution in [1.82, 2.24) is 25.0 Å². The van der Waals surface area contributed by atoms with Crippen LogP contribution in [-0.4, -0.2) is 51.8 Å². The molecule has 0 bridgehead atoms. The van der Waals surface area contributed by atoms with Crippen LogP contribution < -0.4 is 5.32 Å². The second-order valence-electron chi connectivity index (χ2n) is 6.70. The van der Waals surface area contributed by atoms with E-state index in [-0.39, 0.29) is 11.9 Å². The Morgan fingerprint density at radius 1 is 1.38 bits per heavy atom. The van der Waals surface area contributed by atoms with Crippen LogP contribution in [0.1, 0.15) is 55.2 Å². The monoisotopic (exact) mass is 329 g/mol. The molecule has 130 valence electrons. The van der Waals surface area contributed by atoms with Crippen molar-refractivity contribution >= 4 is 16.9 Å². The fourth-order valence-corrected chi connectivity index (χ4v) is 3.26. The van der Waals surface area contributed by atoms with Crippen molar-refractivity contribution in [3.8, 4) is 0 Å². The van der Waals surface area contributed by atoms with Gasteiger partial charge in [-0.3, -0.25) is 4.79 Å². The highest BCUT2D eigenvalue weighted by Gasteiger charge is 2.18. The quantitative estimate of drug-likeness (QED) is 0.884. The topological polar surface area (TPSA) is 63.1 Å². The lowest BCUT2D eigenvalue weighted by Crippen LogP contribution is -2.33. The van der Waals surface area contributed by atoms with E-state index in [2.05, 4.69) is 34.1 Å². The molecule has 0 unspecified atom stereocenters. The highest BCUT2D eigenvalue weighted by molar-refractivity contribution is 6.05. The van der Waals surface area contributed by atoms with Gasteiger partial charge < -0.3 is 10.2 Å². The third-order valence-electron chi connectivity index (χ3n) is 4.86. The number of carbonyl (C=O) groups excluding carboxylic acids is 1. The second kappa shape index (κ2) is 7.30. The summed E-state index contributed by atoms with van der Waals surface area (Å²) >= 11 is 0. The van der Waals surface area contributed by atoms with E-state index in [4.69, 9.17) is 0 Å². The van der Waals surface area contributed by atoms with Gasteiger partial charge in [0.15, 0.2) is 5.65 Å². The van der Waals surface area contributed by atoms with Gasteiger partial charge in [-0.15, -0.1) is 0 Å². The molecule has 6 heteroatoms. The van der Waals surface area contributed by atoms with Gasteiger partial charge >= 0.3 is 0 Å². The Hall–Kier alpha value is -1.95. The summed E-state index contributed by atoms with van der Waals surface area (Å²) in [6.45, 7) is 10.1. The first-order valence-corrected chi connectivity index (χ1v) is 8.95. The van der Waals surface area contributed by atoms with Crippen LogP contribution in [-0.2, 0) is 0 Å². The van der Waals surface area contributed by atoms with Gasteiger partial charge in [-0.2, -0.15) is 5.10 Å². The van der Waals surface area contributed by atoms with E-state index in [0.29, 0.717) is 12.1 Å². The van der Waals surface area contributed by atoms with Crippen molar-refractivity contribution in [3.63, 3.8) is 0 Å². The Morgan fingerprint density at radius 2 is 2.12 bits per heavy atom. The summed E-state index contributed by atoms with van der Waals surface area (Å²) in [5.41, 5.74) is 2.32. The third-order valence-corrected chi connectivity index (χ3v) is 4.86. The van der Waals surface area contributed by atoms with E-state index in [1.165, 1.54) is 12.8 Å². The third kappa shape index (κ3) is 3.43. The molecule has 24 heavy (non-hydrogen) atoms. The number of aryl methyl sites for hydroxylation is 1. The number of aromatic nitrogens is 3. The number of rotatable bonds is 6. The molecule has 1 aliphatic rings. The van der Waals surface area contributed by atoms with Crippen molar-refractivity contribution in [2.24, 2.45) is 0 Å². The molecule has 1 atom stereocenters. The van der Waals surface area contributed by atoms with Crippen LogP contribution in [0, 0.1) is 6.92 Å². The SMILES string of the molecule is CC[C@@H](C)n1ncc2c(C(=O)NCCN3CCCC3)cc(C)nc21. The molecule has 0 radical (unpaired) electrons. The zero-order valence-electron chi connectivity index (χ0n) is 14.9. The van der Waals surface area contributed by atoms with Gasteiger partial charge in [-0.05, 0) is 52.3 Å². The molecular weight excluding hydrogens is 302 g/mol. The number of nitrogens with one attached hydrogen (secondary N) is 1. The van der Waals surface area contributed by atoms with Crippen LogP contribution in [0.4, 0.5) is 0 Å². The van der Waals surface area contributed by atoms with Crippen molar-refractivity contribution in [3.05, 3.63) is 23.5 Å².